The van der Waals surface area contributed by atoms with Gasteiger partial charge >= 0.3 is 0 Å². The standard InChI is InChI=1S/C27H34N2O2Si/c1-20(2)32(21(3)4,22(5)6)31-25-15-12-23(13-16-25)14-17-27(30)29-18-26(28-19-29)24-10-8-7-9-11-24/h7-22H,1-6H3/b17-14+. The van der Waals surface area contributed by atoms with E-state index in [1.54, 1.807) is 18.6 Å². The number of benzene rings is 2. The van der Waals surface area contributed by atoms with Crippen molar-refractivity contribution >= 4 is 20.3 Å². The maximum Gasteiger partial charge on any atom is 0.258 e. The van der Waals surface area contributed by atoms with Gasteiger partial charge in [0.25, 0.3) is 14.2 Å². The van der Waals surface area contributed by atoms with Crippen molar-refractivity contribution < 1.29 is 9.22 Å². The number of allylic oxidation sites excluding steroid dienone is 1. The topological polar surface area (TPSA) is 44.1 Å². The number of hydrogen-bond donors (Lipinski definition) is 0. The Kier molecular flexibility index (Phi) is 7.51. The smallest absolute Gasteiger partial charge is 0.258 e. The summed E-state index contributed by atoms with van der Waals surface area (Å²) >= 11 is 0. The Morgan fingerprint density at radius 3 is 2.06 bits per heavy atom. The van der Waals surface area contributed by atoms with Crippen molar-refractivity contribution in [1.82, 2.24) is 9.55 Å². The van der Waals surface area contributed by atoms with Gasteiger partial charge in [-0.2, -0.15) is 0 Å². The normalized spacial score (nSPS) is 12.3. The minimum absolute atomic E-state index is 0.133. The van der Waals surface area contributed by atoms with Crippen LogP contribution in [0.5, 0.6) is 5.75 Å². The predicted octanol–water partition coefficient (Wildman–Crippen LogP) is 7.46. The molecule has 4 nitrogen and oxygen atoms in total. The highest BCUT2D eigenvalue weighted by molar-refractivity contribution is 6.78. The summed E-state index contributed by atoms with van der Waals surface area (Å²) in [7, 11) is -1.97. The number of imidazole rings is 1. The van der Waals surface area contributed by atoms with Crippen molar-refractivity contribution in [2.45, 2.75) is 58.2 Å². The van der Waals surface area contributed by atoms with Crippen molar-refractivity contribution in [2.75, 3.05) is 0 Å². The number of nitrogens with zero attached hydrogens (tertiary/aromatic N) is 2. The fourth-order valence-electron chi connectivity index (χ4n) is 4.66. The van der Waals surface area contributed by atoms with Gasteiger partial charge < -0.3 is 4.43 Å². The van der Waals surface area contributed by atoms with Gasteiger partial charge in [0.15, 0.2) is 0 Å². The van der Waals surface area contributed by atoms with Crippen LogP contribution in [0.1, 0.15) is 51.9 Å². The highest BCUT2D eigenvalue weighted by atomic mass is 28.4. The minimum Gasteiger partial charge on any atom is -0.543 e. The molecule has 0 N–H and O–H groups in total. The average molecular weight is 447 g/mol. The lowest BCUT2D eigenvalue weighted by molar-refractivity contribution is 0.0969. The van der Waals surface area contributed by atoms with Crippen molar-refractivity contribution in [1.29, 1.82) is 0 Å². The Labute approximate surface area is 193 Å². The van der Waals surface area contributed by atoms with Crippen molar-refractivity contribution in [3.8, 4) is 17.0 Å². The molecule has 0 amide bonds. The Bertz CT molecular complexity index is 1030. The number of carbonyl (C=O) groups excluding carboxylic acids is 1. The maximum atomic E-state index is 12.6. The number of hydrogen-bond acceptors (Lipinski definition) is 3. The minimum atomic E-state index is -1.97. The van der Waals surface area contributed by atoms with Crippen molar-refractivity contribution in [3.05, 3.63) is 78.8 Å². The Balaban J connectivity index is 1.70. The SMILES string of the molecule is CC(C)[Si](Oc1ccc(/C=C/C(=O)n2cnc(-c3ccccc3)c2)cc1)(C(C)C)C(C)C. The molecule has 0 unspecified atom stereocenters. The molecular formula is C27H34N2O2Si. The molecular weight excluding hydrogens is 412 g/mol. The van der Waals surface area contributed by atoms with Crippen LogP contribution in [0.3, 0.4) is 0 Å². The second-order valence-electron chi connectivity index (χ2n) is 9.19. The van der Waals surface area contributed by atoms with Gasteiger partial charge in [0, 0.05) is 17.8 Å². The summed E-state index contributed by atoms with van der Waals surface area (Å²) in [6.45, 7) is 13.7. The Morgan fingerprint density at radius 1 is 0.906 bits per heavy atom. The lowest BCUT2D eigenvalue weighted by Crippen LogP contribution is -2.50. The second kappa shape index (κ2) is 10.1. The summed E-state index contributed by atoms with van der Waals surface area (Å²) in [5.41, 5.74) is 4.30. The third-order valence-electron chi connectivity index (χ3n) is 6.21. The summed E-state index contributed by atoms with van der Waals surface area (Å²) in [5, 5.41) is 0. The van der Waals surface area contributed by atoms with Gasteiger partial charge in [0.05, 0.1) is 5.69 Å². The van der Waals surface area contributed by atoms with Crippen LogP contribution >= 0.6 is 0 Å². The number of aromatic nitrogens is 2. The fourth-order valence-corrected chi connectivity index (χ4v) is 9.91. The molecule has 5 heteroatoms. The van der Waals surface area contributed by atoms with Crippen LogP contribution in [0.2, 0.25) is 16.6 Å². The summed E-state index contributed by atoms with van der Waals surface area (Å²) < 4.78 is 8.22. The van der Waals surface area contributed by atoms with E-state index in [4.69, 9.17) is 4.43 Å². The zero-order chi connectivity index (χ0) is 23.3. The van der Waals surface area contributed by atoms with E-state index >= 15 is 0 Å². The first-order valence-corrected chi connectivity index (χ1v) is 13.5. The first kappa shape index (κ1) is 23.7. The zero-order valence-electron chi connectivity index (χ0n) is 19.9. The Morgan fingerprint density at radius 2 is 1.50 bits per heavy atom. The molecule has 0 saturated carbocycles. The average Bonchev–Trinajstić information content (AvgIpc) is 3.27. The lowest BCUT2D eigenvalue weighted by Gasteiger charge is -2.42. The highest BCUT2D eigenvalue weighted by Gasteiger charge is 2.46. The monoisotopic (exact) mass is 446 g/mol. The molecule has 0 aliphatic carbocycles. The maximum absolute atomic E-state index is 12.6. The molecule has 0 atom stereocenters. The van der Waals surface area contributed by atoms with Crippen LogP contribution in [0.25, 0.3) is 17.3 Å². The van der Waals surface area contributed by atoms with Gasteiger partial charge in [-0.05, 0) is 40.4 Å². The lowest BCUT2D eigenvalue weighted by atomic mass is 10.2. The summed E-state index contributed by atoms with van der Waals surface area (Å²) in [6.07, 6.45) is 6.71. The predicted molar refractivity (Wildman–Crippen MR) is 135 cm³/mol. The van der Waals surface area contributed by atoms with E-state index in [0.717, 1.165) is 22.6 Å². The zero-order valence-corrected chi connectivity index (χ0v) is 20.9. The molecule has 0 bridgehead atoms. The van der Waals surface area contributed by atoms with E-state index in [9.17, 15) is 4.79 Å². The highest BCUT2D eigenvalue weighted by Crippen LogP contribution is 2.42. The first-order chi connectivity index (χ1) is 15.2. The van der Waals surface area contributed by atoms with Gasteiger partial charge in [0.2, 0.25) is 0 Å². The molecule has 3 rings (SSSR count). The number of rotatable bonds is 8. The third kappa shape index (κ3) is 5.10. The van der Waals surface area contributed by atoms with Crippen LogP contribution < -0.4 is 4.43 Å². The molecule has 1 aromatic heterocycles. The van der Waals surface area contributed by atoms with E-state index < -0.39 is 8.32 Å². The van der Waals surface area contributed by atoms with E-state index in [2.05, 4.69) is 46.5 Å². The van der Waals surface area contributed by atoms with Crippen LogP contribution in [0, 0.1) is 0 Å². The van der Waals surface area contributed by atoms with Crippen LogP contribution in [-0.4, -0.2) is 23.8 Å². The van der Waals surface area contributed by atoms with E-state index in [1.165, 1.54) is 4.57 Å². The molecule has 0 saturated heterocycles. The van der Waals surface area contributed by atoms with Gasteiger partial charge in [-0.3, -0.25) is 9.36 Å². The summed E-state index contributed by atoms with van der Waals surface area (Å²) in [5.74, 6) is 0.782. The van der Waals surface area contributed by atoms with Crippen LogP contribution in [-0.2, 0) is 0 Å². The van der Waals surface area contributed by atoms with Gasteiger partial charge in [-0.1, -0.05) is 84.0 Å². The summed E-state index contributed by atoms with van der Waals surface area (Å²) in [6, 6.07) is 17.9. The third-order valence-corrected chi connectivity index (χ3v) is 12.2. The molecule has 2 aromatic carbocycles. The molecule has 3 aromatic rings. The van der Waals surface area contributed by atoms with Crippen molar-refractivity contribution in [2.24, 2.45) is 0 Å². The molecule has 0 aliphatic heterocycles. The molecule has 0 fully saturated rings. The van der Waals surface area contributed by atoms with Crippen LogP contribution in [0.15, 0.2) is 73.2 Å². The molecule has 0 aliphatic rings. The second-order valence-corrected chi connectivity index (χ2v) is 14.6. The molecule has 0 spiro atoms. The molecule has 32 heavy (non-hydrogen) atoms. The number of carbonyl (C=O) groups is 1. The van der Waals surface area contributed by atoms with E-state index in [0.29, 0.717) is 16.6 Å². The van der Waals surface area contributed by atoms with E-state index in [1.807, 2.05) is 60.7 Å². The molecule has 1 heterocycles. The van der Waals surface area contributed by atoms with Gasteiger partial charge in [-0.15, -0.1) is 0 Å². The fraction of sp³-hybridized carbons (Fsp3) is 0.333. The quantitative estimate of drug-likeness (QED) is 0.266. The molecule has 168 valence electrons. The van der Waals surface area contributed by atoms with E-state index in [-0.39, 0.29) is 5.91 Å². The molecule has 0 radical (unpaired) electrons. The Hall–Kier alpha value is -2.92. The van der Waals surface area contributed by atoms with Crippen LogP contribution in [0.4, 0.5) is 0 Å². The van der Waals surface area contributed by atoms with Crippen molar-refractivity contribution in [3.63, 3.8) is 0 Å². The largest absolute Gasteiger partial charge is 0.543 e. The van der Waals surface area contributed by atoms with Gasteiger partial charge in [0.1, 0.15) is 12.1 Å². The van der Waals surface area contributed by atoms with Gasteiger partial charge in [-0.25, -0.2) is 4.98 Å². The first-order valence-electron chi connectivity index (χ1n) is 11.3. The summed E-state index contributed by atoms with van der Waals surface area (Å²) in [4.78, 5) is 16.9.